The van der Waals surface area contributed by atoms with Gasteiger partial charge in [0.1, 0.15) is 12.4 Å². The number of nitrogens with zero attached hydrogens (tertiary/aromatic N) is 2. The lowest BCUT2D eigenvalue weighted by Gasteiger charge is -2.41. The van der Waals surface area contributed by atoms with Gasteiger partial charge in [-0.25, -0.2) is 14.5 Å². The molecule has 1 N–H and O–H groups in total. The molecule has 1 spiro atoms. The Morgan fingerprint density at radius 2 is 1.94 bits per heavy atom. The molecule has 2 aliphatic rings. The predicted octanol–water partition coefficient (Wildman–Crippen LogP) is 2.20. The molecule has 9 nitrogen and oxygen atoms in total. The van der Waals surface area contributed by atoms with Crippen LogP contribution in [0, 0.1) is 0 Å². The smallest absolute Gasteiger partial charge is 0.422 e. The van der Waals surface area contributed by atoms with Crippen molar-refractivity contribution in [1.29, 1.82) is 0 Å². The fourth-order valence-electron chi connectivity index (χ4n) is 3.76. The third kappa shape index (κ3) is 4.16. The fourth-order valence-corrected chi connectivity index (χ4v) is 3.76. The highest BCUT2D eigenvalue weighted by atomic mass is 16.8. The van der Waals surface area contributed by atoms with E-state index in [0.717, 1.165) is 5.56 Å². The van der Waals surface area contributed by atoms with Crippen LogP contribution in [0.15, 0.2) is 42.7 Å². The highest BCUT2D eigenvalue weighted by molar-refractivity contribution is 6.31. The number of hydrogen-bond acceptors (Lipinski definition) is 8. The molecule has 3 heterocycles. The molecular weight excluding hydrogens is 414 g/mol. The lowest BCUT2D eigenvalue weighted by Crippen LogP contribution is -2.56. The average molecular weight is 439 g/mol. The molecule has 0 saturated carbocycles. The first-order chi connectivity index (χ1) is 15.2. The second kappa shape index (κ2) is 8.23. The van der Waals surface area contributed by atoms with Crippen molar-refractivity contribution in [3.05, 3.63) is 53.9 Å². The molecule has 4 rings (SSSR count). The second-order valence-electron chi connectivity index (χ2n) is 8.66. The van der Waals surface area contributed by atoms with E-state index in [4.69, 9.17) is 14.2 Å². The van der Waals surface area contributed by atoms with Crippen molar-refractivity contribution < 1.29 is 28.6 Å². The Balaban J connectivity index is 1.73. The Labute approximate surface area is 185 Å². The zero-order chi connectivity index (χ0) is 22.9. The third-order valence-corrected chi connectivity index (χ3v) is 5.15. The van der Waals surface area contributed by atoms with Gasteiger partial charge in [-0.15, -0.1) is 0 Å². The molecule has 1 amide bonds. The molecule has 0 aliphatic carbocycles. The quantitative estimate of drug-likeness (QED) is 0.429. The number of hydrogen-bond donors (Lipinski definition) is 1. The first kappa shape index (κ1) is 21.8. The van der Waals surface area contributed by atoms with Crippen LogP contribution in [0.2, 0.25) is 0 Å². The maximum Gasteiger partial charge on any atom is 0.422 e. The molecule has 2 aromatic rings. The predicted molar refractivity (Wildman–Crippen MR) is 114 cm³/mol. The molecule has 1 aromatic carbocycles. The van der Waals surface area contributed by atoms with Crippen LogP contribution in [0.4, 0.5) is 5.69 Å². The molecule has 2 aliphatic heterocycles. The Kier molecular flexibility index (Phi) is 5.60. The van der Waals surface area contributed by atoms with Gasteiger partial charge < -0.3 is 19.5 Å². The fraction of sp³-hybridized carbons (Fsp3) is 0.391. The number of fused-ring (bicyclic) bond motifs is 1. The minimum atomic E-state index is -1.86. The first-order valence-corrected chi connectivity index (χ1v) is 10.4. The summed E-state index contributed by atoms with van der Waals surface area (Å²) in [5.74, 6) is -4.23. The summed E-state index contributed by atoms with van der Waals surface area (Å²) in [6.45, 7) is 7.09. The maximum atomic E-state index is 13.6. The van der Waals surface area contributed by atoms with Gasteiger partial charge in [-0.05, 0) is 51.0 Å². The number of aryl methyl sites for hydroxylation is 1. The van der Waals surface area contributed by atoms with Crippen molar-refractivity contribution in [2.24, 2.45) is 0 Å². The Hall–Kier alpha value is -3.46. The van der Waals surface area contributed by atoms with E-state index in [1.54, 1.807) is 24.4 Å². The summed E-state index contributed by atoms with van der Waals surface area (Å²) in [4.78, 5) is 42.7. The molecular formula is C23H25N3O6. The number of carbonyl (C=O) groups is 3. The Bertz CT molecular complexity index is 1030. The number of nitrogens with one attached hydrogen (secondary N) is 1. The molecule has 0 unspecified atom stereocenters. The largest absolute Gasteiger partial charge is 0.490 e. The van der Waals surface area contributed by atoms with Crippen molar-refractivity contribution >= 4 is 23.5 Å². The number of rotatable bonds is 5. The lowest BCUT2D eigenvalue weighted by atomic mass is 9.97. The number of esters is 2. The van der Waals surface area contributed by atoms with Crippen molar-refractivity contribution in [3.8, 4) is 5.75 Å². The molecule has 32 heavy (non-hydrogen) atoms. The van der Waals surface area contributed by atoms with Crippen molar-refractivity contribution in [3.63, 3.8) is 0 Å². The van der Waals surface area contributed by atoms with Crippen LogP contribution >= 0.6 is 0 Å². The van der Waals surface area contributed by atoms with Crippen LogP contribution in [0.1, 0.15) is 43.1 Å². The number of pyridine rings is 1. The van der Waals surface area contributed by atoms with Gasteiger partial charge in [0.2, 0.25) is 0 Å². The number of benzene rings is 1. The van der Waals surface area contributed by atoms with Gasteiger partial charge in [0, 0.05) is 24.5 Å². The summed E-state index contributed by atoms with van der Waals surface area (Å²) >= 11 is 0. The SMILES string of the molecule is CC(C)(C)NCCOc1cccc2c1N(C(=O)c1cccnc1)C1(CC2)OC(=O)C(=O)O1. The van der Waals surface area contributed by atoms with E-state index in [1.807, 2.05) is 12.1 Å². The monoisotopic (exact) mass is 439 g/mol. The number of aromatic nitrogens is 1. The molecule has 1 aromatic heterocycles. The summed E-state index contributed by atoms with van der Waals surface area (Å²) in [6, 6.07) is 8.65. The summed E-state index contributed by atoms with van der Waals surface area (Å²) < 4.78 is 16.7. The van der Waals surface area contributed by atoms with E-state index >= 15 is 0 Å². The minimum Gasteiger partial charge on any atom is -0.490 e. The van der Waals surface area contributed by atoms with Crippen molar-refractivity contribution in [2.45, 2.75) is 45.1 Å². The van der Waals surface area contributed by atoms with Gasteiger partial charge in [-0.2, -0.15) is 0 Å². The normalized spacial score (nSPS) is 17.0. The van der Waals surface area contributed by atoms with E-state index in [1.165, 1.54) is 11.1 Å². The highest BCUT2D eigenvalue weighted by Gasteiger charge is 2.58. The van der Waals surface area contributed by atoms with E-state index < -0.39 is 23.8 Å². The van der Waals surface area contributed by atoms with Crippen LogP contribution in [-0.2, 0) is 25.5 Å². The van der Waals surface area contributed by atoms with Gasteiger partial charge in [0.25, 0.3) is 5.91 Å². The Morgan fingerprint density at radius 1 is 1.19 bits per heavy atom. The summed E-state index contributed by atoms with van der Waals surface area (Å²) in [5.41, 5.74) is 1.40. The van der Waals surface area contributed by atoms with Crippen LogP contribution in [0.5, 0.6) is 5.75 Å². The highest BCUT2D eigenvalue weighted by Crippen LogP contribution is 2.46. The van der Waals surface area contributed by atoms with Gasteiger partial charge in [0.15, 0.2) is 0 Å². The average Bonchev–Trinajstić information content (AvgIpc) is 3.04. The van der Waals surface area contributed by atoms with E-state index in [9.17, 15) is 14.4 Å². The van der Waals surface area contributed by atoms with Gasteiger partial charge in [0.05, 0.1) is 17.7 Å². The lowest BCUT2D eigenvalue weighted by molar-refractivity contribution is -0.179. The van der Waals surface area contributed by atoms with Crippen LogP contribution in [0.25, 0.3) is 0 Å². The van der Waals surface area contributed by atoms with Crippen LogP contribution in [-0.4, -0.2) is 47.4 Å². The molecule has 168 valence electrons. The second-order valence-corrected chi connectivity index (χ2v) is 8.66. The number of amides is 1. The summed E-state index contributed by atoms with van der Waals surface area (Å²) in [7, 11) is 0. The van der Waals surface area contributed by atoms with Crippen molar-refractivity contribution in [2.75, 3.05) is 18.1 Å². The maximum absolute atomic E-state index is 13.6. The van der Waals surface area contributed by atoms with Gasteiger partial charge in [-0.1, -0.05) is 12.1 Å². The van der Waals surface area contributed by atoms with Crippen LogP contribution in [0.3, 0.4) is 0 Å². The molecule has 0 radical (unpaired) electrons. The third-order valence-electron chi connectivity index (χ3n) is 5.15. The summed E-state index contributed by atoms with van der Waals surface area (Å²) in [6.07, 6.45) is 3.48. The zero-order valence-electron chi connectivity index (χ0n) is 18.2. The summed E-state index contributed by atoms with van der Waals surface area (Å²) in [5, 5.41) is 3.34. The standard InChI is InChI=1S/C23H25N3O6/c1-22(2,3)25-12-13-30-17-8-4-6-15-9-10-23(31-20(28)21(29)32-23)26(18(15)17)19(27)16-7-5-11-24-14-16/h4-8,11,14,25H,9-10,12-13H2,1-3H3. The molecule has 0 bridgehead atoms. The molecule has 9 heteroatoms. The van der Waals surface area contributed by atoms with Gasteiger partial charge >= 0.3 is 17.8 Å². The van der Waals surface area contributed by atoms with E-state index in [-0.39, 0.29) is 17.5 Å². The number of para-hydroxylation sites is 1. The number of carbonyl (C=O) groups excluding carboxylic acids is 3. The molecule has 1 saturated heterocycles. The Morgan fingerprint density at radius 3 is 2.59 bits per heavy atom. The van der Waals surface area contributed by atoms with Gasteiger partial charge in [-0.3, -0.25) is 9.78 Å². The van der Waals surface area contributed by atoms with E-state index in [0.29, 0.717) is 31.0 Å². The van der Waals surface area contributed by atoms with Crippen molar-refractivity contribution in [1.82, 2.24) is 10.3 Å². The molecule has 0 atom stereocenters. The topological polar surface area (TPSA) is 107 Å². The molecule has 1 fully saturated rings. The first-order valence-electron chi connectivity index (χ1n) is 10.4. The van der Waals surface area contributed by atoms with Crippen LogP contribution < -0.4 is 15.0 Å². The van der Waals surface area contributed by atoms with E-state index in [2.05, 4.69) is 31.1 Å². The number of anilines is 1. The minimum absolute atomic E-state index is 0.0713. The number of ether oxygens (including phenoxy) is 3. The zero-order valence-corrected chi connectivity index (χ0v) is 18.2.